The predicted octanol–water partition coefficient (Wildman–Crippen LogP) is 2.02. The third-order valence-corrected chi connectivity index (χ3v) is 4.08. The number of nitrogens with one attached hydrogen (secondary N) is 1. The summed E-state index contributed by atoms with van der Waals surface area (Å²) >= 11 is 0. The first-order valence-corrected chi connectivity index (χ1v) is 7.35. The molecule has 5 heteroatoms. The largest absolute Gasteiger partial charge is 0.397 e. The molecule has 1 heterocycles. The third-order valence-electron chi connectivity index (χ3n) is 4.08. The Morgan fingerprint density at radius 3 is 2.95 bits per heavy atom. The molecule has 0 aromatic heterocycles. The Balaban J connectivity index is 1.92. The van der Waals surface area contributed by atoms with E-state index in [0.29, 0.717) is 17.9 Å². The Hall–Kier alpha value is -1.59. The van der Waals surface area contributed by atoms with Gasteiger partial charge in [0.2, 0.25) is 5.91 Å². The first-order chi connectivity index (χ1) is 9.92. The van der Waals surface area contributed by atoms with Crippen molar-refractivity contribution in [3.05, 3.63) is 23.8 Å². The van der Waals surface area contributed by atoms with E-state index >= 15 is 0 Å². The summed E-state index contributed by atoms with van der Waals surface area (Å²) in [5.41, 5.74) is 8.13. The smallest absolute Gasteiger partial charge is 0.238 e. The standard InChI is InChI=1S/C16H25N3O2/c1-12-5-6-14(13(17)9-12)18-15(20)10-19-8-4-7-16(2,11-19)21-3/h5-6,9H,4,7-8,10-11,17H2,1-3H3,(H,18,20). The molecule has 0 radical (unpaired) electrons. The fourth-order valence-corrected chi connectivity index (χ4v) is 2.80. The molecule has 1 aromatic rings. The van der Waals surface area contributed by atoms with Crippen LogP contribution in [0.1, 0.15) is 25.3 Å². The maximum absolute atomic E-state index is 12.2. The fourth-order valence-electron chi connectivity index (χ4n) is 2.80. The van der Waals surface area contributed by atoms with E-state index in [4.69, 9.17) is 10.5 Å². The monoisotopic (exact) mass is 291 g/mol. The van der Waals surface area contributed by atoms with Gasteiger partial charge in [-0.15, -0.1) is 0 Å². The third kappa shape index (κ3) is 4.19. The molecule has 0 aliphatic carbocycles. The van der Waals surface area contributed by atoms with E-state index in [-0.39, 0.29) is 11.5 Å². The fraction of sp³-hybridized carbons (Fsp3) is 0.562. The number of piperidine rings is 1. The molecule has 2 rings (SSSR count). The average Bonchev–Trinajstić information content (AvgIpc) is 2.42. The van der Waals surface area contributed by atoms with Crippen molar-refractivity contribution < 1.29 is 9.53 Å². The van der Waals surface area contributed by atoms with E-state index in [9.17, 15) is 4.79 Å². The second-order valence-corrected chi connectivity index (χ2v) is 6.11. The van der Waals surface area contributed by atoms with E-state index in [1.54, 1.807) is 7.11 Å². The molecule has 1 aliphatic heterocycles. The van der Waals surface area contributed by atoms with Gasteiger partial charge in [-0.2, -0.15) is 0 Å². The number of nitrogens with zero attached hydrogens (tertiary/aromatic N) is 1. The molecule has 1 aliphatic rings. The van der Waals surface area contributed by atoms with E-state index < -0.39 is 0 Å². The number of benzene rings is 1. The highest BCUT2D eigenvalue weighted by molar-refractivity contribution is 5.95. The van der Waals surface area contributed by atoms with Gasteiger partial charge in [0.1, 0.15) is 0 Å². The number of aryl methyl sites for hydroxylation is 1. The molecule has 3 N–H and O–H groups in total. The van der Waals surface area contributed by atoms with Gasteiger partial charge < -0.3 is 15.8 Å². The number of hydrogen-bond acceptors (Lipinski definition) is 4. The van der Waals surface area contributed by atoms with Crippen molar-refractivity contribution >= 4 is 17.3 Å². The molecule has 0 bridgehead atoms. The second-order valence-electron chi connectivity index (χ2n) is 6.11. The Bertz CT molecular complexity index is 518. The summed E-state index contributed by atoms with van der Waals surface area (Å²) in [7, 11) is 1.73. The van der Waals surface area contributed by atoms with E-state index in [1.165, 1.54) is 0 Å². The first-order valence-electron chi connectivity index (χ1n) is 7.35. The second kappa shape index (κ2) is 6.45. The van der Waals surface area contributed by atoms with Crippen LogP contribution in [0.25, 0.3) is 0 Å². The number of nitrogens with two attached hydrogens (primary N) is 1. The van der Waals surface area contributed by atoms with Crippen molar-refractivity contribution in [3.8, 4) is 0 Å². The van der Waals surface area contributed by atoms with Crippen molar-refractivity contribution in [1.82, 2.24) is 4.90 Å². The van der Waals surface area contributed by atoms with Crippen molar-refractivity contribution in [1.29, 1.82) is 0 Å². The highest BCUT2D eigenvalue weighted by atomic mass is 16.5. The van der Waals surface area contributed by atoms with Crippen LogP contribution in [-0.2, 0) is 9.53 Å². The van der Waals surface area contributed by atoms with Crippen molar-refractivity contribution in [2.24, 2.45) is 0 Å². The van der Waals surface area contributed by atoms with E-state index in [2.05, 4.69) is 17.1 Å². The first kappa shape index (κ1) is 15.8. The molecule has 0 saturated carbocycles. The molecule has 1 unspecified atom stereocenters. The number of carbonyl (C=O) groups is 1. The van der Waals surface area contributed by atoms with Crippen LogP contribution in [0, 0.1) is 6.92 Å². The van der Waals surface area contributed by atoms with Crippen LogP contribution in [0.4, 0.5) is 11.4 Å². The lowest BCUT2D eigenvalue weighted by Crippen LogP contribution is -2.49. The number of nitrogen functional groups attached to an aromatic ring is 1. The SMILES string of the molecule is COC1(C)CCCN(CC(=O)Nc2ccc(C)cc2N)C1. The van der Waals surface area contributed by atoms with Crippen LogP contribution in [-0.4, -0.2) is 43.2 Å². The summed E-state index contributed by atoms with van der Waals surface area (Å²) in [5.74, 6) is -0.0362. The summed E-state index contributed by atoms with van der Waals surface area (Å²) in [5, 5.41) is 2.88. The summed E-state index contributed by atoms with van der Waals surface area (Å²) in [6.07, 6.45) is 2.08. The minimum absolute atomic E-state index is 0.0362. The maximum atomic E-state index is 12.2. The molecule has 1 saturated heterocycles. The van der Waals surface area contributed by atoms with Gasteiger partial charge >= 0.3 is 0 Å². The number of carbonyl (C=O) groups excluding carboxylic acids is 1. The lowest BCUT2D eigenvalue weighted by molar-refractivity contribution is -0.119. The number of methoxy groups -OCH3 is 1. The summed E-state index contributed by atoms with van der Waals surface area (Å²) in [6.45, 7) is 6.14. The van der Waals surface area contributed by atoms with Crippen LogP contribution in [0.5, 0.6) is 0 Å². The molecular formula is C16H25N3O2. The molecular weight excluding hydrogens is 266 g/mol. The van der Waals surface area contributed by atoms with Gasteiger partial charge in [-0.3, -0.25) is 9.69 Å². The zero-order valence-electron chi connectivity index (χ0n) is 13.1. The van der Waals surface area contributed by atoms with Gasteiger partial charge in [-0.05, 0) is 50.9 Å². The Kier molecular flexibility index (Phi) is 4.85. The molecule has 21 heavy (non-hydrogen) atoms. The van der Waals surface area contributed by atoms with Crippen LogP contribution in [0.3, 0.4) is 0 Å². The number of hydrogen-bond donors (Lipinski definition) is 2. The molecule has 5 nitrogen and oxygen atoms in total. The van der Waals surface area contributed by atoms with Gasteiger partial charge in [0, 0.05) is 13.7 Å². The van der Waals surface area contributed by atoms with Crippen molar-refractivity contribution in [2.75, 3.05) is 37.8 Å². The quantitative estimate of drug-likeness (QED) is 0.833. The number of likely N-dealkylation sites (tertiary alicyclic amines) is 1. The van der Waals surface area contributed by atoms with Crippen LogP contribution < -0.4 is 11.1 Å². The molecule has 1 aromatic carbocycles. The van der Waals surface area contributed by atoms with Gasteiger partial charge in [0.25, 0.3) is 0 Å². The highest BCUT2D eigenvalue weighted by Gasteiger charge is 2.31. The van der Waals surface area contributed by atoms with Crippen LogP contribution in [0.15, 0.2) is 18.2 Å². The zero-order chi connectivity index (χ0) is 15.5. The number of anilines is 2. The number of amides is 1. The molecule has 0 spiro atoms. The summed E-state index contributed by atoms with van der Waals surface area (Å²) in [6, 6.07) is 5.64. The molecule has 116 valence electrons. The van der Waals surface area contributed by atoms with Gasteiger partial charge in [-0.25, -0.2) is 0 Å². The molecule has 1 fully saturated rings. The van der Waals surface area contributed by atoms with Gasteiger partial charge in [0.05, 0.1) is 23.5 Å². The minimum Gasteiger partial charge on any atom is -0.397 e. The Morgan fingerprint density at radius 1 is 1.52 bits per heavy atom. The Labute approximate surface area is 126 Å². The van der Waals surface area contributed by atoms with E-state index in [0.717, 1.165) is 31.5 Å². The minimum atomic E-state index is -0.151. The number of rotatable bonds is 4. The number of ether oxygens (including phenoxy) is 1. The van der Waals surface area contributed by atoms with E-state index in [1.807, 2.05) is 25.1 Å². The lowest BCUT2D eigenvalue weighted by Gasteiger charge is -2.39. The normalized spacial score (nSPS) is 23.0. The highest BCUT2D eigenvalue weighted by Crippen LogP contribution is 2.24. The average molecular weight is 291 g/mol. The van der Waals surface area contributed by atoms with Crippen LogP contribution >= 0.6 is 0 Å². The topological polar surface area (TPSA) is 67.6 Å². The summed E-state index contributed by atoms with van der Waals surface area (Å²) in [4.78, 5) is 14.3. The van der Waals surface area contributed by atoms with Gasteiger partial charge in [0.15, 0.2) is 0 Å². The zero-order valence-corrected chi connectivity index (χ0v) is 13.1. The Morgan fingerprint density at radius 2 is 2.29 bits per heavy atom. The maximum Gasteiger partial charge on any atom is 0.238 e. The van der Waals surface area contributed by atoms with Crippen LogP contribution in [0.2, 0.25) is 0 Å². The van der Waals surface area contributed by atoms with Gasteiger partial charge in [-0.1, -0.05) is 6.07 Å². The van der Waals surface area contributed by atoms with Crippen molar-refractivity contribution in [2.45, 2.75) is 32.3 Å². The lowest BCUT2D eigenvalue weighted by atomic mass is 9.95. The summed E-state index contributed by atoms with van der Waals surface area (Å²) < 4.78 is 5.55. The molecule has 1 atom stereocenters. The van der Waals surface area contributed by atoms with Crippen molar-refractivity contribution in [3.63, 3.8) is 0 Å². The molecule has 1 amide bonds. The predicted molar refractivity (Wildman–Crippen MR) is 85.3 cm³/mol.